The summed E-state index contributed by atoms with van der Waals surface area (Å²) in [6, 6.07) is 17.9. The lowest BCUT2D eigenvalue weighted by Gasteiger charge is -2.02. The first-order valence-corrected chi connectivity index (χ1v) is 8.90. The summed E-state index contributed by atoms with van der Waals surface area (Å²) in [6.45, 7) is 2.05. The van der Waals surface area contributed by atoms with E-state index in [2.05, 4.69) is 28.2 Å². The van der Waals surface area contributed by atoms with Crippen LogP contribution in [0.4, 0.5) is 0 Å². The Balaban J connectivity index is 1.55. The van der Waals surface area contributed by atoms with E-state index >= 15 is 0 Å². The molecule has 23 heavy (non-hydrogen) atoms. The van der Waals surface area contributed by atoms with Crippen molar-refractivity contribution in [2.45, 2.75) is 16.5 Å². The Labute approximate surface area is 141 Å². The highest BCUT2D eigenvalue weighted by Gasteiger charge is 2.18. The summed E-state index contributed by atoms with van der Waals surface area (Å²) in [7, 11) is 0. The van der Waals surface area contributed by atoms with Crippen molar-refractivity contribution < 1.29 is 4.42 Å². The van der Waals surface area contributed by atoms with Gasteiger partial charge in [-0.2, -0.15) is 0 Å². The maximum atomic E-state index is 5.81. The van der Waals surface area contributed by atoms with Crippen molar-refractivity contribution in [2.24, 2.45) is 0 Å². The summed E-state index contributed by atoms with van der Waals surface area (Å²) in [5.74, 6) is 1.17. The third-order valence-corrected chi connectivity index (χ3v) is 5.58. The topological polar surface area (TPSA) is 51.8 Å². The van der Waals surface area contributed by atoms with Crippen molar-refractivity contribution in [1.29, 1.82) is 0 Å². The van der Waals surface area contributed by atoms with Gasteiger partial charge in [-0.25, -0.2) is 4.98 Å². The third kappa shape index (κ3) is 3.00. The monoisotopic (exact) mass is 339 g/mol. The molecule has 0 saturated carbocycles. The predicted octanol–water partition coefficient (Wildman–Crippen LogP) is 5.20. The molecule has 1 atom stereocenters. The maximum Gasteiger partial charge on any atom is 0.247 e. The second kappa shape index (κ2) is 6.14. The molecule has 0 aliphatic carbocycles. The quantitative estimate of drug-likeness (QED) is 0.478. The van der Waals surface area contributed by atoms with Gasteiger partial charge >= 0.3 is 0 Å². The number of thiazole rings is 1. The van der Waals surface area contributed by atoms with Gasteiger partial charge in [0.1, 0.15) is 0 Å². The molecule has 4 rings (SSSR count). The largest absolute Gasteiger partial charge is 0.419 e. The number of aromatic nitrogens is 3. The van der Waals surface area contributed by atoms with Gasteiger partial charge in [0.05, 0.1) is 15.5 Å². The zero-order valence-corrected chi connectivity index (χ0v) is 14.0. The summed E-state index contributed by atoms with van der Waals surface area (Å²) < 4.78 is 8.02. The highest BCUT2D eigenvalue weighted by atomic mass is 32.2. The molecule has 0 saturated heterocycles. The lowest BCUT2D eigenvalue weighted by Crippen LogP contribution is -1.88. The summed E-state index contributed by atoms with van der Waals surface area (Å²) in [5.41, 5.74) is 1.96. The number of para-hydroxylation sites is 1. The summed E-state index contributed by atoms with van der Waals surface area (Å²) in [6.07, 6.45) is 0. The van der Waals surface area contributed by atoms with Gasteiger partial charge in [0.25, 0.3) is 0 Å². The zero-order valence-electron chi connectivity index (χ0n) is 12.3. The Morgan fingerprint density at radius 2 is 1.78 bits per heavy atom. The first-order chi connectivity index (χ1) is 11.3. The van der Waals surface area contributed by atoms with Gasteiger partial charge in [-0.1, -0.05) is 42.1 Å². The van der Waals surface area contributed by atoms with Crippen LogP contribution in [0.5, 0.6) is 0 Å². The fourth-order valence-electron chi connectivity index (χ4n) is 2.20. The number of nitrogens with zero attached hydrogens (tertiary/aromatic N) is 3. The molecule has 0 aliphatic heterocycles. The van der Waals surface area contributed by atoms with Gasteiger partial charge in [-0.15, -0.1) is 21.5 Å². The first-order valence-electron chi connectivity index (χ1n) is 7.20. The van der Waals surface area contributed by atoms with Crippen molar-refractivity contribution in [1.82, 2.24) is 15.2 Å². The second-order valence-electron chi connectivity index (χ2n) is 5.02. The van der Waals surface area contributed by atoms with E-state index in [4.69, 9.17) is 4.42 Å². The standard InChI is InChI=1S/C17H13N3OS2/c1-11(22-17-18-13-9-5-6-10-14(13)23-17)15-19-20-16(21-15)12-7-3-2-4-8-12/h2-11H,1H3/t11-/m1/s1. The van der Waals surface area contributed by atoms with Crippen LogP contribution in [0.25, 0.3) is 21.7 Å². The molecule has 2 aromatic heterocycles. The Bertz CT molecular complexity index is 900. The highest BCUT2D eigenvalue weighted by Crippen LogP contribution is 2.38. The number of hydrogen-bond acceptors (Lipinski definition) is 6. The number of fused-ring (bicyclic) bond motifs is 1. The normalized spacial score (nSPS) is 12.6. The molecule has 0 fully saturated rings. The molecule has 0 aliphatic rings. The lowest BCUT2D eigenvalue weighted by molar-refractivity contribution is 0.509. The number of benzene rings is 2. The summed E-state index contributed by atoms with van der Waals surface area (Å²) in [4.78, 5) is 4.63. The number of rotatable bonds is 4. The van der Waals surface area contributed by atoms with Gasteiger partial charge in [0, 0.05) is 5.56 Å². The van der Waals surface area contributed by atoms with Crippen molar-refractivity contribution in [3.05, 3.63) is 60.5 Å². The Kier molecular flexibility index (Phi) is 3.85. The van der Waals surface area contributed by atoms with Crippen LogP contribution in [-0.2, 0) is 0 Å². The van der Waals surface area contributed by atoms with E-state index in [9.17, 15) is 0 Å². The molecule has 0 radical (unpaired) electrons. The lowest BCUT2D eigenvalue weighted by atomic mass is 10.2. The van der Waals surface area contributed by atoms with Crippen LogP contribution in [0.1, 0.15) is 18.1 Å². The van der Waals surface area contributed by atoms with Crippen LogP contribution >= 0.6 is 23.1 Å². The Morgan fingerprint density at radius 3 is 2.61 bits per heavy atom. The predicted molar refractivity (Wildman–Crippen MR) is 93.6 cm³/mol. The van der Waals surface area contributed by atoms with E-state index in [0.717, 1.165) is 15.4 Å². The number of hydrogen-bond donors (Lipinski definition) is 0. The van der Waals surface area contributed by atoms with Crippen molar-refractivity contribution in [2.75, 3.05) is 0 Å². The van der Waals surface area contributed by atoms with Gasteiger partial charge in [-0.3, -0.25) is 0 Å². The molecule has 4 nitrogen and oxygen atoms in total. The molecule has 2 heterocycles. The SMILES string of the molecule is C[C@@H](Sc1nc2ccccc2s1)c1nnc(-c2ccccc2)o1. The summed E-state index contributed by atoms with van der Waals surface area (Å²) in [5, 5.41) is 8.38. The van der Waals surface area contributed by atoms with Gasteiger partial charge in [0.15, 0.2) is 4.34 Å². The van der Waals surface area contributed by atoms with Gasteiger partial charge in [0.2, 0.25) is 11.8 Å². The molecule has 6 heteroatoms. The van der Waals surface area contributed by atoms with Crippen molar-refractivity contribution in [3.8, 4) is 11.5 Å². The molecule has 114 valence electrons. The van der Waals surface area contributed by atoms with E-state index in [-0.39, 0.29) is 5.25 Å². The van der Waals surface area contributed by atoms with E-state index in [0.29, 0.717) is 11.8 Å². The van der Waals surface area contributed by atoms with E-state index in [1.165, 1.54) is 4.70 Å². The number of thioether (sulfide) groups is 1. The maximum absolute atomic E-state index is 5.81. The van der Waals surface area contributed by atoms with E-state index in [1.807, 2.05) is 48.5 Å². The Hall–Kier alpha value is -2.18. The smallest absolute Gasteiger partial charge is 0.247 e. The highest BCUT2D eigenvalue weighted by molar-refractivity contribution is 8.01. The molecule has 0 amide bonds. The molecule has 0 bridgehead atoms. The molecular weight excluding hydrogens is 326 g/mol. The fourth-order valence-corrected chi connectivity index (χ4v) is 4.44. The molecule has 0 unspecified atom stereocenters. The van der Waals surface area contributed by atoms with E-state index in [1.54, 1.807) is 23.1 Å². The zero-order chi connectivity index (χ0) is 15.6. The molecule has 0 spiro atoms. The van der Waals surface area contributed by atoms with Crippen LogP contribution in [0.3, 0.4) is 0 Å². The molecule has 2 aromatic carbocycles. The van der Waals surface area contributed by atoms with Gasteiger partial charge < -0.3 is 4.42 Å². The van der Waals surface area contributed by atoms with Gasteiger partial charge in [-0.05, 0) is 31.2 Å². The second-order valence-corrected chi connectivity index (χ2v) is 7.64. The minimum absolute atomic E-state index is 0.0560. The average molecular weight is 339 g/mol. The molecular formula is C17H13N3OS2. The van der Waals surface area contributed by atoms with Crippen LogP contribution in [-0.4, -0.2) is 15.2 Å². The molecule has 4 aromatic rings. The van der Waals surface area contributed by atoms with Crippen LogP contribution in [0.15, 0.2) is 63.4 Å². The van der Waals surface area contributed by atoms with E-state index < -0.39 is 0 Å². The average Bonchev–Trinajstić information content (AvgIpc) is 3.22. The fraction of sp³-hybridized carbons (Fsp3) is 0.118. The molecule has 0 N–H and O–H groups in total. The summed E-state index contributed by atoms with van der Waals surface area (Å²) >= 11 is 3.33. The van der Waals surface area contributed by atoms with Crippen molar-refractivity contribution >= 4 is 33.3 Å². The van der Waals surface area contributed by atoms with Crippen LogP contribution in [0.2, 0.25) is 0 Å². The Morgan fingerprint density at radius 1 is 1.00 bits per heavy atom. The third-order valence-electron chi connectivity index (χ3n) is 3.36. The van der Waals surface area contributed by atoms with Crippen molar-refractivity contribution in [3.63, 3.8) is 0 Å². The van der Waals surface area contributed by atoms with Crippen LogP contribution < -0.4 is 0 Å². The van der Waals surface area contributed by atoms with Crippen LogP contribution in [0, 0.1) is 0 Å². The minimum atomic E-state index is 0.0560. The minimum Gasteiger partial charge on any atom is -0.419 e. The first kappa shape index (κ1) is 14.4.